The molecule has 0 amide bonds. The SMILES string of the molecule is CC1CC(C)(C)CC(O)(C2CCC(C)C(C)C2)C1. The minimum atomic E-state index is -0.379. The van der Waals surface area contributed by atoms with E-state index < -0.39 is 0 Å². The molecule has 0 radical (unpaired) electrons. The molecule has 0 aromatic rings. The van der Waals surface area contributed by atoms with Gasteiger partial charge in [0.15, 0.2) is 0 Å². The normalized spacial score (nSPS) is 49.0. The van der Waals surface area contributed by atoms with Crippen molar-refractivity contribution in [1.29, 1.82) is 0 Å². The third-order valence-electron chi connectivity index (χ3n) is 5.75. The van der Waals surface area contributed by atoms with Crippen LogP contribution in [0.25, 0.3) is 0 Å². The van der Waals surface area contributed by atoms with Crippen molar-refractivity contribution in [3.63, 3.8) is 0 Å². The van der Waals surface area contributed by atoms with Crippen molar-refractivity contribution in [3.8, 4) is 0 Å². The van der Waals surface area contributed by atoms with Gasteiger partial charge in [-0.3, -0.25) is 0 Å². The molecule has 0 bridgehead atoms. The maximum atomic E-state index is 11.2. The van der Waals surface area contributed by atoms with Gasteiger partial charge in [0.2, 0.25) is 0 Å². The molecule has 2 fully saturated rings. The van der Waals surface area contributed by atoms with Crippen LogP contribution < -0.4 is 0 Å². The summed E-state index contributed by atoms with van der Waals surface area (Å²) in [5, 5.41) is 11.2. The zero-order chi connectivity index (χ0) is 13.6. The van der Waals surface area contributed by atoms with Gasteiger partial charge in [-0.05, 0) is 61.2 Å². The molecule has 2 aliphatic carbocycles. The van der Waals surface area contributed by atoms with Gasteiger partial charge >= 0.3 is 0 Å². The van der Waals surface area contributed by atoms with Crippen molar-refractivity contribution < 1.29 is 5.11 Å². The van der Waals surface area contributed by atoms with Crippen LogP contribution in [0.5, 0.6) is 0 Å². The van der Waals surface area contributed by atoms with Gasteiger partial charge in [0.25, 0.3) is 0 Å². The summed E-state index contributed by atoms with van der Waals surface area (Å²) in [6.45, 7) is 11.7. The molecule has 1 N–H and O–H groups in total. The van der Waals surface area contributed by atoms with Crippen LogP contribution in [-0.4, -0.2) is 10.7 Å². The molecule has 5 atom stereocenters. The standard InChI is InChI=1S/C17H32O/c1-12-9-16(4,5)11-17(18,10-12)15-7-6-13(2)14(3)8-15/h12-15,18H,6-11H2,1-5H3. The summed E-state index contributed by atoms with van der Waals surface area (Å²) >= 11 is 0. The van der Waals surface area contributed by atoms with Gasteiger partial charge in [-0.25, -0.2) is 0 Å². The monoisotopic (exact) mass is 252 g/mol. The van der Waals surface area contributed by atoms with E-state index in [4.69, 9.17) is 0 Å². The topological polar surface area (TPSA) is 20.2 Å². The first-order chi connectivity index (χ1) is 8.22. The lowest BCUT2D eigenvalue weighted by Crippen LogP contribution is -2.49. The summed E-state index contributed by atoms with van der Waals surface area (Å²) in [7, 11) is 0. The second-order valence-electron chi connectivity index (χ2n) is 8.42. The molecule has 106 valence electrons. The van der Waals surface area contributed by atoms with E-state index in [0.717, 1.165) is 24.7 Å². The Morgan fingerprint density at radius 3 is 2.17 bits per heavy atom. The van der Waals surface area contributed by atoms with E-state index in [9.17, 15) is 5.11 Å². The van der Waals surface area contributed by atoms with Crippen LogP contribution in [0, 0.1) is 29.1 Å². The zero-order valence-corrected chi connectivity index (χ0v) is 13.0. The van der Waals surface area contributed by atoms with E-state index in [1.807, 2.05) is 0 Å². The highest BCUT2D eigenvalue weighted by Crippen LogP contribution is 2.51. The minimum absolute atomic E-state index is 0.318. The third kappa shape index (κ3) is 2.92. The average molecular weight is 252 g/mol. The molecule has 1 heteroatoms. The van der Waals surface area contributed by atoms with Gasteiger partial charge in [-0.1, -0.05) is 41.0 Å². The fourth-order valence-electron chi connectivity index (χ4n) is 4.94. The van der Waals surface area contributed by atoms with Gasteiger partial charge in [0.05, 0.1) is 5.60 Å². The second-order valence-corrected chi connectivity index (χ2v) is 8.42. The Bertz CT molecular complexity index is 296. The summed E-state index contributed by atoms with van der Waals surface area (Å²) in [6.07, 6.45) is 7.10. The number of hydrogen-bond acceptors (Lipinski definition) is 1. The zero-order valence-electron chi connectivity index (χ0n) is 13.0. The summed E-state index contributed by atoms with van der Waals surface area (Å²) in [4.78, 5) is 0. The van der Waals surface area contributed by atoms with Crippen LogP contribution in [-0.2, 0) is 0 Å². The molecule has 0 aliphatic heterocycles. The fraction of sp³-hybridized carbons (Fsp3) is 1.00. The lowest BCUT2D eigenvalue weighted by Gasteiger charge is -2.50. The van der Waals surface area contributed by atoms with Crippen molar-refractivity contribution >= 4 is 0 Å². The number of rotatable bonds is 1. The van der Waals surface area contributed by atoms with E-state index in [1.165, 1.54) is 25.7 Å². The Kier molecular flexibility index (Phi) is 3.84. The smallest absolute Gasteiger partial charge is 0.0683 e. The first kappa shape index (κ1) is 14.4. The Morgan fingerprint density at radius 2 is 1.61 bits per heavy atom. The fourth-order valence-corrected chi connectivity index (χ4v) is 4.94. The molecule has 5 unspecified atom stereocenters. The predicted octanol–water partition coefficient (Wildman–Crippen LogP) is 4.64. The van der Waals surface area contributed by atoms with Crippen molar-refractivity contribution in [2.75, 3.05) is 0 Å². The van der Waals surface area contributed by atoms with Crippen LogP contribution in [0.1, 0.15) is 73.1 Å². The highest BCUT2D eigenvalue weighted by Gasteiger charge is 2.47. The molecule has 2 saturated carbocycles. The van der Waals surface area contributed by atoms with Gasteiger partial charge < -0.3 is 5.11 Å². The molecule has 0 saturated heterocycles. The van der Waals surface area contributed by atoms with Crippen molar-refractivity contribution in [2.45, 2.75) is 78.7 Å². The lowest BCUT2D eigenvalue weighted by atomic mass is 9.58. The molecule has 2 rings (SSSR count). The summed E-state index contributed by atoms with van der Waals surface area (Å²) in [5.74, 6) is 2.85. The van der Waals surface area contributed by atoms with E-state index in [-0.39, 0.29) is 5.60 Å². The first-order valence-corrected chi connectivity index (χ1v) is 7.94. The van der Waals surface area contributed by atoms with Gasteiger partial charge in [-0.15, -0.1) is 0 Å². The maximum Gasteiger partial charge on any atom is 0.0683 e. The lowest BCUT2D eigenvalue weighted by molar-refractivity contribution is -0.115. The minimum Gasteiger partial charge on any atom is -0.390 e. The van der Waals surface area contributed by atoms with Crippen molar-refractivity contribution in [2.24, 2.45) is 29.1 Å². The van der Waals surface area contributed by atoms with E-state index >= 15 is 0 Å². The van der Waals surface area contributed by atoms with Crippen molar-refractivity contribution in [3.05, 3.63) is 0 Å². The van der Waals surface area contributed by atoms with E-state index in [1.54, 1.807) is 0 Å². The largest absolute Gasteiger partial charge is 0.390 e. The quantitative estimate of drug-likeness (QED) is 0.721. The first-order valence-electron chi connectivity index (χ1n) is 7.94. The Morgan fingerprint density at radius 1 is 0.944 bits per heavy atom. The van der Waals surface area contributed by atoms with Crippen LogP contribution in [0.2, 0.25) is 0 Å². The van der Waals surface area contributed by atoms with Gasteiger partial charge in [0, 0.05) is 0 Å². The van der Waals surface area contributed by atoms with Gasteiger partial charge in [-0.2, -0.15) is 0 Å². The van der Waals surface area contributed by atoms with Crippen LogP contribution in [0.3, 0.4) is 0 Å². The Balaban J connectivity index is 2.10. The summed E-state index contributed by atoms with van der Waals surface area (Å²) in [6, 6.07) is 0. The average Bonchev–Trinajstić information content (AvgIpc) is 2.18. The maximum absolute atomic E-state index is 11.2. The highest BCUT2D eigenvalue weighted by atomic mass is 16.3. The molecular weight excluding hydrogens is 220 g/mol. The van der Waals surface area contributed by atoms with Gasteiger partial charge in [0.1, 0.15) is 0 Å². The van der Waals surface area contributed by atoms with Crippen LogP contribution in [0.4, 0.5) is 0 Å². The highest BCUT2D eigenvalue weighted by molar-refractivity contribution is 4.98. The van der Waals surface area contributed by atoms with Crippen LogP contribution >= 0.6 is 0 Å². The molecule has 0 heterocycles. The molecular formula is C17H32O. The number of aliphatic hydroxyl groups is 1. The molecule has 0 aromatic heterocycles. The summed E-state index contributed by atoms with van der Waals surface area (Å²) in [5.41, 5.74) is -0.0612. The van der Waals surface area contributed by atoms with E-state index in [2.05, 4.69) is 34.6 Å². The third-order valence-corrected chi connectivity index (χ3v) is 5.75. The molecule has 1 nitrogen and oxygen atoms in total. The predicted molar refractivity (Wildman–Crippen MR) is 77.4 cm³/mol. The van der Waals surface area contributed by atoms with Crippen LogP contribution in [0.15, 0.2) is 0 Å². The second kappa shape index (κ2) is 4.81. The molecule has 0 spiro atoms. The molecule has 18 heavy (non-hydrogen) atoms. The number of hydrogen-bond donors (Lipinski definition) is 1. The van der Waals surface area contributed by atoms with Crippen molar-refractivity contribution in [1.82, 2.24) is 0 Å². The Labute approximate surface area is 113 Å². The molecule has 2 aliphatic rings. The summed E-state index contributed by atoms with van der Waals surface area (Å²) < 4.78 is 0. The Hall–Kier alpha value is -0.0400. The van der Waals surface area contributed by atoms with E-state index in [0.29, 0.717) is 17.3 Å². The molecule has 0 aromatic carbocycles.